The van der Waals surface area contributed by atoms with Crippen molar-refractivity contribution in [2.45, 2.75) is 6.18 Å². The normalized spacial score (nSPS) is 17.5. The van der Waals surface area contributed by atoms with Crippen LogP contribution in [0.2, 0.25) is 0 Å². The van der Waals surface area contributed by atoms with Crippen LogP contribution in [-0.2, 0) is 0 Å². The number of anilines is 1. The SMILES string of the molecule is N=C1NN=C(C(F)(F)F)C1=Nc1ccc(O)cc1N. The molecule has 1 aromatic rings. The number of amidine groups is 1. The summed E-state index contributed by atoms with van der Waals surface area (Å²) in [5.41, 5.74) is 5.50. The molecule has 19 heavy (non-hydrogen) atoms. The summed E-state index contributed by atoms with van der Waals surface area (Å²) in [6.45, 7) is 0. The van der Waals surface area contributed by atoms with Gasteiger partial charge in [0.2, 0.25) is 0 Å². The first-order chi connectivity index (χ1) is 8.79. The van der Waals surface area contributed by atoms with E-state index in [1.807, 2.05) is 5.43 Å². The molecule has 6 nitrogen and oxygen atoms in total. The number of phenolic OH excluding ortho intramolecular Hbond substituents is 1. The van der Waals surface area contributed by atoms with Crippen LogP contribution in [0, 0.1) is 5.41 Å². The maximum atomic E-state index is 12.6. The summed E-state index contributed by atoms with van der Waals surface area (Å²) in [5, 5.41) is 19.5. The van der Waals surface area contributed by atoms with Gasteiger partial charge in [-0.2, -0.15) is 18.3 Å². The molecule has 9 heteroatoms. The molecular formula is C10H8F3N5O. The Labute approximate surface area is 105 Å². The van der Waals surface area contributed by atoms with Gasteiger partial charge in [0.1, 0.15) is 11.5 Å². The Balaban J connectivity index is 2.47. The van der Waals surface area contributed by atoms with Gasteiger partial charge in [-0.3, -0.25) is 10.8 Å². The van der Waals surface area contributed by atoms with Crippen molar-refractivity contribution >= 4 is 28.6 Å². The predicted octanol–water partition coefficient (Wildman–Crippen LogP) is 1.55. The third kappa shape index (κ3) is 2.49. The Morgan fingerprint density at radius 2 is 2.05 bits per heavy atom. The number of nitrogens with one attached hydrogen (secondary N) is 2. The summed E-state index contributed by atoms with van der Waals surface area (Å²) in [7, 11) is 0. The number of rotatable bonds is 1. The molecule has 0 spiro atoms. The number of hydrogen-bond acceptors (Lipinski definition) is 5. The molecule has 1 heterocycles. The number of nitrogens with two attached hydrogens (primary N) is 1. The van der Waals surface area contributed by atoms with Crippen LogP contribution in [0.5, 0.6) is 5.75 Å². The fourth-order valence-corrected chi connectivity index (χ4v) is 1.41. The van der Waals surface area contributed by atoms with Crippen molar-refractivity contribution in [1.29, 1.82) is 5.41 Å². The number of hydrogen-bond donors (Lipinski definition) is 4. The number of aliphatic imine (C=N–C) groups is 1. The lowest BCUT2D eigenvalue weighted by Crippen LogP contribution is -2.32. The van der Waals surface area contributed by atoms with Crippen LogP contribution in [0.15, 0.2) is 28.3 Å². The zero-order valence-electron chi connectivity index (χ0n) is 9.28. The minimum absolute atomic E-state index is 0.00581. The Kier molecular flexibility index (Phi) is 2.89. The molecule has 1 aliphatic heterocycles. The van der Waals surface area contributed by atoms with Gasteiger partial charge >= 0.3 is 6.18 Å². The standard InChI is InChI=1S/C10H8F3N5O/c11-10(12,13)8-7(9(15)18-17-8)16-6-2-1-4(19)3-5(6)14/h1-3,19H,14H2,(H2,15,16,18). The third-order valence-electron chi connectivity index (χ3n) is 2.25. The molecule has 100 valence electrons. The lowest BCUT2D eigenvalue weighted by atomic mass is 10.2. The molecular weight excluding hydrogens is 263 g/mol. The molecule has 2 rings (SSSR count). The van der Waals surface area contributed by atoms with Crippen LogP contribution < -0.4 is 11.2 Å². The molecule has 1 aromatic carbocycles. The molecule has 0 fully saturated rings. The second-order valence-corrected chi connectivity index (χ2v) is 3.65. The monoisotopic (exact) mass is 271 g/mol. The molecule has 0 atom stereocenters. The van der Waals surface area contributed by atoms with Gasteiger partial charge in [-0.15, -0.1) is 0 Å². The van der Waals surface area contributed by atoms with Crippen molar-refractivity contribution in [3.05, 3.63) is 18.2 Å². The van der Waals surface area contributed by atoms with E-state index in [-0.39, 0.29) is 17.1 Å². The molecule has 0 saturated heterocycles. The van der Waals surface area contributed by atoms with Crippen LogP contribution in [-0.4, -0.2) is 28.5 Å². The van der Waals surface area contributed by atoms with Crippen LogP contribution in [0.25, 0.3) is 0 Å². The predicted molar refractivity (Wildman–Crippen MR) is 64.0 cm³/mol. The Morgan fingerprint density at radius 1 is 1.37 bits per heavy atom. The summed E-state index contributed by atoms with van der Waals surface area (Å²) in [5.74, 6) is -0.703. The lowest BCUT2D eigenvalue weighted by molar-refractivity contribution is -0.0566. The van der Waals surface area contributed by atoms with E-state index >= 15 is 0 Å². The van der Waals surface area contributed by atoms with E-state index in [1.165, 1.54) is 12.1 Å². The molecule has 0 aromatic heterocycles. The minimum Gasteiger partial charge on any atom is -0.508 e. The highest BCUT2D eigenvalue weighted by molar-refractivity contribution is 6.70. The molecule has 0 bridgehead atoms. The number of phenols is 1. The summed E-state index contributed by atoms with van der Waals surface area (Å²) >= 11 is 0. The second-order valence-electron chi connectivity index (χ2n) is 3.65. The second kappa shape index (κ2) is 4.26. The van der Waals surface area contributed by atoms with Crippen molar-refractivity contribution in [3.8, 4) is 5.75 Å². The first kappa shape index (κ1) is 12.9. The van der Waals surface area contributed by atoms with Crippen LogP contribution in [0.3, 0.4) is 0 Å². The van der Waals surface area contributed by atoms with E-state index in [2.05, 4.69) is 10.1 Å². The van der Waals surface area contributed by atoms with Crippen molar-refractivity contribution in [1.82, 2.24) is 5.43 Å². The molecule has 1 aliphatic rings. The highest BCUT2D eigenvalue weighted by Gasteiger charge is 2.43. The maximum absolute atomic E-state index is 12.6. The van der Waals surface area contributed by atoms with Gasteiger partial charge in [0.05, 0.1) is 11.4 Å². The summed E-state index contributed by atoms with van der Waals surface area (Å²) < 4.78 is 37.9. The number of halogens is 3. The first-order valence-electron chi connectivity index (χ1n) is 4.96. The molecule has 0 amide bonds. The average molecular weight is 271 g/mol. The Morgan fingerprint density at radius 3 is 2.63 bits per heavy atom. The van der Waals surface area contributed by atoms with Gasteiger partial charge in [-0.25, -0.2) is 4.99 Å². The number of nitrogens with zero attached hydrogens (tertiary/aromatic N) is 2. The summed E-state index contributed by atoms with van der Waals surface area (Å²) in [6, 6.07) is 3.62. The van der Waals surface area contributed by atoms with E-state index in [0.29, 0.717) is 0 Å². The van der Waals surface area contributed by atoms with Crippen molar-refractivity contribution in [2.75, 3.05) is 5.73 Å². The average Bonchev–Trinajstić information content (AvgIpc) is 2.64. The quantitative estimate of drug-likeness (QED) is 0.582. The van der Waals surface area contributed by atoms with E-state index < -0.39 is 23.4 Å². The van der Waals surface area contributed by atoms with Gasteiger partial charge in [0, 0.05) is 6.07 Å². The van der Waals surface area contributed by atoms with Crippen molar-refractivity contribution in [3.63, 3.8) is 0 Å². The largest absolute Gasteiger partial charge is 0.508 e. The van der Waals surface area contributed by atoms with E-state index in [9.17, 15) is 13.2 Å². The van der Waals surface area contributed by atoms with Crippen molar-refractivity contribution < 1.29 is 18.3 Å². The Bertz CT molecular complexity index is 606. The van der Waals surface area contributed by atoms with Crippen molar-refractivity contribution in [2.24, 2.45) is 10.1 Å². The highest BCUT2D eigenvalue weighted by Crippen LogP contribution is 2.28. The molecule has 5 N–H and O–H groups in total. The third-order valence-corrected chi connectivity index (χ3v) is 2.25. The topological polar surface area (TPSA) is 107 Å². The highest BCUT2D eigenvalue weighted by atomic mass is 19.4. The lowest BCUT2D eigenvalue weighted by Gasteiger charge is -2.07. The van der Waals surface area contributed by atoms with Crippen LogP contribution in [0.4, 0.5) is 24.5 Å². The molecule has 0 aliphatic carbocycles. The Hall–Kier alpha value is -2.58. The molecule has 0 radical (unpaired) electrons. The fraction of sp³-hybridized carbons (Fsp3) is 0.100. The van der Waals surface area contributed by atoms with Gasteiger partial charge in [-0.1, -0.05) is 0 Å². The number of aromatic hydroxyl groups is 1. The summed E-state index contributed by atoms with van der Waals surface area (Å²) in [4.78, 5) is 3.67. The van der Waals surface area contributed by atoms with Gasteiger partial charge in [0.25, 0.3) is 0 Å². The van der Waals surface area contributed by atoms with Gasteiger partial charge in [0.15, 0.2) is 11.5 Å². The number of alkyl halides is 3. The first-order valence-corrected chi connectivity index (χ1v) is 4.96. The zero-order chi connectivity index (χ0) is 14.2. The smallest absolute Gasteiger partial charge is 0.437 e. The zero-order valence-corrected chi connectivity index (χ0v) is 9.28. The van der Waals surface area contributed by atoms with Gasteiger partial charge in [-0.05, 0) is 12.1 Å². The molecule has 0 saturated carbocycles. The van der Waals surface area contributed by atoms with Gasteiger partial charge < -0.3 is 10.8 Å². The number of benzene rings is 1. The van der Waals surface area contributed by atoms with E-state index in [1.54, 1.807) is 0 Å². The van der Waals surface area contributed by atoms with Crippen LogP contribution in [0.1, 0.15) is 0 Å². The summed E-state index contributed by atoms with van der Waals surface area (Å²) in [6.07, 6.45) is -4.72. The fourth-order valence-electron chi connectivity index (χ4n) is 1.41. The molecule has 0 unspecified atom stereocenters. The van der Waals surface area contributed by atoms with E-state index in [4.69, 9.17) is 16.2 Å². The maximum Gasteiger partial charge on any atom is 0.437 e. The number of nitrogen functional groups attached to an aromatic ring is 1. The van der Waals surface area contributed by atoms with E-state index in [0.717, 1.165) is 6.07 Å². The number of hydrazone groups is 1. The minimum atomic E-state index is -4.72. The van der Waals surface area contributed by atoms with Crippen LogP contribution >= 0.6 is 0 Å².